The summed E-state index contributed by atoms with van der Waals surface area (Å²) in [6, 6.07) is 10.3. The number of hydrogen-bond donors (Lipinski definition) is 1. The lowest BCUT2D eigenvalue weighted by molar-refractivity contribution is -0.120. The first-order valence-corrected chi connectivity index (χ1v) is 10.6. The molecule has 0 bridgehead atoms. The molecule has 2 fully saturated rings. The summed E-state index contributed by atoms with van der Waals surface area (Å²) in [5, 5.41) is 12.4. The first-order chi connectivity index (χ1) is 13.2. The zero-order valence-electron chi connectivity index (χ0n) is 15.6. The molecule has 1 aliphatic carbocycles. The summed E-state index contributed by atoms with van der Waals surface area (Å²) in [5.74, 6) is 1.59. The van der Waals surface area contributed by atoms with Gasteiger partial charge in [-0.25, -0.2) is 0 Å². The van der Waals surface area contributed by atoms with Gasteiger partial charge in [0.05, 0.1) is 17.9 Å². The SMILES string of the molecule is C[C@H](Sc1nnc(C2CC2)n1Cc1ccccc1)C(=O)NC[C@H]1CCCO1. The molecule has 0 spiro atoms. The normalized spacial score (nSPS) is 20.6. The van der Waals surface area contributed by atoms with Crippen molar-refractivity contribution in [2.75, 3.05) is 13.2 Å². The zero-order valence-corrected chi connectivity index (χ0v) is 16.5. The standard InChI is InChI=1S/C20H26N4O2S/c1-14(19(25)21-12-17-8-5-11-26-17)27-20-23-22-18(16-9-10-16)24(20)13-15-6-3-2-4-7-15/h2-4,6-7,14,16-17H,5,8-13H2,1H3,(H,21,25)/t14-,17+/m0/s1. The molecule has 2 aromatic rings. The van der Waals surface area contributed by atoms with Crippen molar-refractivity contribution in [1.29, 1.82) is 0 Å². The molecule has 2 atom stereocenters. The van der Waals surface area contributed by atoms with Crippen molar-refractivity contribution < 1.29 is 9.53 Å². The maximum absolute atomic E-state index is 12.5. The van der Waals surface area contributed by atoms with Crippen molar-refractivity contribution in [2.45, 2.75) is 61.6 Å². The van der Waals surface area contributed by atoms with Crippen LogP contribution in [-0.2, 0) is 16.1 Å². The molecule has 2 aliphatic rings. The van der Waals surface area contributed by atoms with Crippen LogP contribution in [0.1, 0.15) is 49.9 Å². The molecule has 1 aromatic carbocycles. The van der Waals surface area contributed by atoms with Crippen molar-refractivity contribution in [3.63, 3.8) is 0 Å². The van der Waals surface area contributed by atoms with Gasteiger partial charge in [-0.05, 0) is 38.2 Å². The predicted molar refractivity (Wildman–Crippen MR) is 105 cm³/mol. The van der Waals surface area contributed by atoms with Gasteiger partial charge in [0, 0.05) is 19.1 Å². The lowest BCUT2D eigenvalue weighted by Crippen LogP contribution is -2.36. The maximum Gasteiger partial charge on any atom is 0.233 e. The Morgan fingerprint density at radius 2 is 2.11 bits per heavy atom. The third-order valence-corrected chi connectivity index (χ3v) is 6.13. The minimum atomic E-state index is -0.225. The molecule has 4 rings (SSSR count). The van der Waals surface area contributed by atoms with Gasteiger partial charge in [0.15, 0.2) is 5.16 Å². The van der Waals surface area contributed by atoms with Gasteiger partial charge in [0.1, 0.15) is 5.82 Å². The molecule has 0 radical (unpaired) electrons. The van der Waals surface area contributed by atoms with Crippen LogP contribution in [0.3, 0.4) is 0 Å². The number of carbonyl (C=O) groups is 1. The number of carbonyl (C=O) groups excluding carboxylic acids is 1. The van der Waals surface area contributed by atoms with Crippen molar-refractivity contribution >= 4 is 17.7 Å². The second-order valence-electron chi connectivity index (χ2n) is 7.33. The fourth-order valence-corrected chi connectivity index (χ4v) is 4.20. The summed E-state index contributed by atoms with van der Waals surface area (Å²) in [6.07, 6.45) is 4.62. The Morgan fingerprint density at radius 1 is 1.30 bits per heavy atom. The van der Waals surface area contributed by atoms with Crippen LogP contribution in [0.4, 0.5) is 0 Å². The van der Waals surface area contributed by atoms with E-state index >= 15 is 0 Å². The first kappa shape index (κ1) is 18.5. The summed E-state index contributed by atoms with van der Waals surface area (Å²) < 4.78 is 7.76. The summed E-state index contributed by atoms with van der Waals surface area (Å²) in [7, 11) is 0. The number of amides is 1. The van der Waals surface area contributed by atoms with Crippen LogP contribution in [0.25, 0.3) is 0 Å². The quantitative estimate of drug-likeness (QED) is 0.707. The fourth-order valence-electron chi connectivity index (χ4n) is 3.32. The number of nitrogens with zero attached hydrogens (tertiary/aromatic N) is 3. The monoisotopic (exact) mass is 386 g/mol. The number of nitrogens with one attached hydrogen (secondary N) is 1. The minimum Gasteiger partial charge on any atom is -0.376 e. The van der Waals surface area contributed by atoms with E-state index in [0.29, 0.717) is 12.5 Å². The average Bonchev–Trinajstić information content (AvgIpc) is 3.25. The molecular formula is C20H26N4O2S. The number of rotatable bonds is 8. The summed E-state index contributed by atoms with van der Waals surface area (Å²) in [5.41, 5.74) is 1.22. The van der Waals surface area contributed by atoms with Gasteiger partial charge in [-0.3, -0.25) is 4.79 Å². The predicted octanol–water partition coefficient (Wildman–Crippen LogP) is 2.98. The van der Waals surface area contributed by atoms with E-state index in [1.807, 2.05) is 25.1 Å². The molecule has 1 aromatic heterocycles. The van der Waals surface area contributed by atoms with Crippen LogP contribution in [0.15, 0.2) is 35.5 Å². The molecular weight excluding hydrogens is 360 g/mol. The first-order valence-electron chi connectivity index (χ1n) is 9.73. The molecule has 1 amide bonds. The molecule has 7 heteroatoms. The molecule has 1 saturated carbocycles. The van der Waals surface area contributed by atoms with E-state index in [1.165, 1.54) is 30.2 Å². The van der Waals surface area contributed by atoms with E-state index in [1.54, 1.807) is 0 Å². The summed E-state index contributed by atoms with van der Waals surface area (Å²) in [6.45, 7) is 4.06. The van der Waals surface area contributed by atoms with Crippen LogP contribution in [-0.4, -0.2) is 45.2 Å². The van der Waals surface area contributed by atoms with E-state index in [-0.39, 0.29) is 17.3 Å². The summed E-state index contributed by atoms with van der Waals surface area (Å²) in [4.78, 5) is 12.5. The topological polar surface area (TPSA) is 69.0 Å². The van der Waals surface area contributed by atoms with Crippen LogP contribution >= 0.6 is 11.8 Å². The van der Waals surface area contributed by atoms with E-state index in [9.17, 15) is 4.79 Å². The second-order valence-corrected chi connectivity index (χ2v) is 8.64. The Morgan fingerprint density at radius 3 is 2.81 bits per heavy atom. The molecule has 144 valence electrons. The highest BCUT2D eigenvalue weighted by Crippen LogP contribution is 2.40. The van der Waals surface area contributed by atoms with Crippen molar-refractivity contribution in [3.05, 3.63) is 41.7 Å². The van der Waals surface area contributed by atoms with Gasteiger partial charge in [-0.15, -0.1) is 10.2 Å². The highest BCUT2D eigenvalue weighted by atomic mass is 32.2. The molecule has 6 nitrogen and oxygen atoms in total. The molecule has 1 N–H and O–H groups in total. The van der Waals surface area contributed by atoms with Crippen molar-refractivity contribution in [1.82, 2.24) is 20.1 Å². The highest BCUT2D eigenvalue weighted by Gasteiger charge is 2.31. The number of ether oxygens (including phenoxy) is 1. The van der Waals surface area contributed by atoms with Gasteiger partial charge in [-0.1, -0.05) is 42.1 Å². The number of benzene rings is 1. The van der Waals surface area contributed by atoms with E-state index in [2.05, 4.69) is 32.2 Å². The Balaban J connectivity index is 1.42. The molecule has 27 heavy (non-hydrogen) atoms. The van der Waals surface area contributed by atoms with Gasteiger partial charge >= 0.3 is 0 Å². The Hall–Kier alpha value is -1.86. The van der Waals surface area contributed by atoms with Crippen LogP contribution < -0.4 is 5.32 Å². The molecule has 0 unspecified atom stereocenters. The minimum absolute atomic E-state index is 0.0257. The van der Waals surface area contributed by atoms with Gasteiger partial charge in [0.2, 0.25) is 5.91 Å². The van der Waals surface area contributed by atoms with Gasteiger partial charge in [0.25, 0.3) is 0 Å². The zero-order chi connectivity index (χ0) is 18.6. The van der Waals surface area contributed by atoms with E-state index < -0.39 is 0 Å². The average molecular weight is 387 g/mol. The Bertz CT molecular complexity index is 770. The number of aromatic nitrogens is 3. The third kappa shape index (κ3) is 4.71. The van der Waals surface area contributed by atoms with Crippen LogP contribution in [0.5, 0.6) is 0 Å². The van der Waals surface area contributed by atoms with Crippen LogP contribution in [0.2, 0.25) is 0 Å². The van der Waals surface area contributed by atoms with Crippen molar-refractivity contribution in [2.24, 2.45) is 0 Å². The largest absolute Gasteiger partial charge is 0.376 e. The Labute approximate surface area is 164 Å². The van der Waals surface area contributed by atoms with E-state index in [4.69, 9.17) is 4.74 Å². The fraction of sp³-hybridized carbons (Fsp3) is 0.550. The summed E-state index contributed by atoms with van der Waals surface area (Å²) >= 11 is 1.48. The smallest absolute Gasteiger partial charge is 0.233 e. The maximum atomic E-state index is 12.5. The lowest BCUT2D eigenvalue weighted by atomic mass is 10.2. The molecule has 1 aliphatic heterocycles. The number of hydrogen-bond acceptors (Lipinski definition) is 5. The highest BCUT2D eigenvalue weighted by molar-refractivity contribution is 8.00. The second kappa shape index (κ2) is 8.44. The Kier molecular flexibility index (Phi) is 5.78. The molecule has 1 saturated heterocycles. The lowest BCUT2D eigenvalue weighted by Gasteiger charge is -2.15. The van der Waals surface area contributed by atoms with Gasteiger partial charge < -0.3 is 14.6 Å². The van der Waals surface area contributed by atoms with Crippen LogP contribution in [0, 0.1) is 0 Å². The van der Waals surface area contributed by atoms with E-state index in [0.717, 1.165) is 37.0 Å². The van der Waals surface area contributed by atoms with Crippen molar-refractivity contribution in [3.8, 4) is 0 Å². The third-order valence-electron chi connectivity index (χ3n) is 5.05. The van der Waals surface area contributed by atoms with Gasteiger partial charge in [-0.2, -0.15) is 0 Å². The number of thioether (sulfide) groups is 1. The molecule has 2 heterocycles.